The molecule has 0 saturated heterocycles. The van der Waals surface area contributed by atoms with Crippen molar-refractivity contribution in [2.75, 3.05) is 13.1 Å². The molecule has 1 aromatic rings. The summed E-state index contributed by atoms with van der Waals surface area (Å²) in [5.41, 5.74) is 2.84. The van der Waals surface area contributed by atoms with E-state index in [1.165, 1.54) is 36.8 Å². The maximum Gasteiger partial charge on any atom is -0.00172 e. The van der Waals surface area contributed by atoms with Crippen LogP contribution in [0.1, 0.15) is 51.2 Å². The maximum atomic E-state index is 3.63. The highest BCUT2D eigenvalue weighted by Crippen LogP contribution is 2.15. The van der Waals surface area contributed by atoms with Gasteiger partial charge in [-0.3, -0.25) is 0 Å². The van der Waals surface area contributed by atoms with Gasteiger partial charge in [-0.1, -0.05) is 63.4 Å². The van der Waals surface area contributed by atoms with Crippen LogP contribution in [0.5, 0.6) is 0 Å². The SMILES string of the molecule is CCCCC(CNCC(C)C)Cc1ccc(C)cc1. The molecule has 0 aliphatic rings. The first kappa shape index (κ1) is 16.2. The Labute approximate surface area is 119 Å². The van der Waals surface area contributed by atoms with Crippen molar-refractivity contribution in [2.24, 2.45) is 11.8 Å². The molecule has 1 N–H and O–H groups in total. The van der Waals surface area contributed by atoms with Crippen molar-refractivity contribution in [1.82, 2.24) is 5.32 Å². The van der Waals surface area contributed by atoms with E-state index in [1.54, 1.807) is 0 Å². The van der Waals surface area contributed by atoms with E-state index in [0.717, 1.165) is 24.9 Å². The van der Waals surface area contributed by atoms with E-state index in [2.05, 4.69) is 57.3 Å². The summed E-state index contributed by atoms with van der Waals surface area (Å²) in [7, 11) is 0. The Balaban J connectivity index is 2.45. The van der Waals surface area contributed by atoms with Gasteiger partial charge in [0.15, 0.2) is 0 Å². The van der Waals surface area contributed by atoms with E-state index in [4.69, 9.17) is 0 Å². The third kappa shape index (κ3) is 7.37. The van der Waals surface area contributed by atoms with Crippen molar-refractivity contribution >= 4 is 0 Å². The number of aryl methyl sites for hydroxylation is 1. The van der Waals surface area contributed by atoms with E-state index >= 15 is 0 Å². The van der Waals surface area contributed by atoms with Gasteiger partial charge in [-0.2, -0.15) is 0 Å². The quantitative estimate of drug-likeness (QED) is 0.685. The van der Waals surface area contributed by atoms with Crippen molar-refractivity contribution < 1.29 is 0 Å². The molecule has 0 heterocycles. The molecular weight excluding hydrogens is 230 g/mol. The number of nitrogens with one attached hydrogen (secondary N) is 1. The molecule has 1 aromatic carbocycles. The molecule has 0 aromatic heterocycles. The van der Waals surface area contributed by atoms with Gasteiger partial charge in [0, 0.05) is 0 Å². The second kappa shape index (κ2) is 9.14. The fourth-order valence-electron chi connectivity index (χ4n) is 2.40. The van der Waals surface area contributed by atoms with E-state index in [-0.39, 0.29) is 0 Å². The Kier molecular flexibility index (Phi) is 7.81. The first-order valence-corrected chi connectivity index (χ1v) is 7.88. The average molecular weight is 261 g/mol. The molecule has 108 valence electrons. The third-order valence-electron chi connectivity index (χ3n) is 3.60. The van der Waals surface area contributed by atoms with Gasteiger partial charge >= 0.3 is 0 Å². The van der Waals surface area contributed by atoms with E-state index < -0.39 is 0 Å². The minimum atomic E-state index is 0.742. The second-order valence-corrected chi connectivity index (χ2v) is 6.25. The van der Waals surface area contributed by atoms with Crippen molar-refractivity contribution in [3.8, 4) is 0 Å². The first-order chi connectivity index (χ1) is 9.11. The highest BCUT2D eigenvalue weighted by atomic mass is 14.9. The first-order valence-electron chi connectivity index (χ1n) is 7.88. The number of benzene rings is 1. The number of hydrogen-bond acceptors (Lipinski definition) is 1. The van der Waals surface area contributed by atoms with Crippen molar-refractivity contribution in [2.45, 2.75) is 53.4 Å². The second-order valence-electron chi connectivity index (χ2n) is 6.25. The van der Waals surface area contributed by atoms with Gasteiger partial charge in [-0.15, -0.1) is 0 Å². The van der Waals surface area contributed by atoms with Crippen LogP contribution in [0.15, 0.2) is 24.3 Å². The van der Waals surface area contributed by atoms with Crippen LogP contribution in [0.3, 0.4) is 0 Å². The van der Waals surface area contributed by atoms with E-state index in [1.807, 2.05) is 0 Å². The predicted octanol–water partition coefficient (Wildman–Crippen LogP) is 4.59. The zero-order valence-electron chi connectivity index (χ0n) is 13.2. The lowest BCUT2D eigenvalue weighted by Crippen LogP contribution is -2.27. The van der Waals surface area contributed by atoms with Gasteiger partial charge in [0.1, 0.15) is 0 Å². The Hall–Kier alpha value is -0.820. The fraction of sp³-hybridized carbons (Fsp3) is 0.667. The Morgan fingerprint density at radius 1 is 1.05 bits per heavy atom. The lowest BCUT2D eigenvalue weighted by molar-refractivity contribution is 0.413. The largest absolute Gasteiger partial charge is 0.316 e. The van der Waals surface area contributed by atoms with Crippen molar-refractivity contribution in [3.05, 3.63) is 35.4 Å². The number of hydrogen-bond donors (Lipinski definition) is 1. The molecule has 0 aliphatic heterocycles. The molecule has 1 heteroatoms. The Bertz CT molecular complexity index is 326. The molecule has 1 rings (SSSR count). The van der Waals surface area contributed by atoms with Crippen LogP contribution in [0, 0.1) is 18.8 Å². The molecular formula is C18H31N. The van der Waals surface area contributed by atoms with Crippen molar-refractivity contribution in [3.63, 3.8) is 0 Å². The summed E-state index contributed by atoms with van der Waals surface area (Å²) in [5, 5.41) is 3.63. The zero-order chi connectivity index (χ0) is 14.1. The third-order valence-corrected chi connectivity index (χ3v) is 3.60. The maximum absolute atomic E-state index is 3.63. The molecule has 0 spiro atoms. The molecule has 0 aliphatic carbocycles. The molecule has 1 atom stereocenters. The van der Waals surface area contributed by atoms with E-state index in [9.17, 15) is 0 Å². The zero-order valence-corrected chi connectivity index (χ0v) is 13.2. The summed E-state index contributed by atoms with van der Waals surface area (Å²) in [6, 6.07) is 9.04. The normalized spacial score (nSPS) is 12.9. The molecule has 0 bridgehead atoms. The van der Waals surface area contributed by atoms with Crippen LogP contribution in [0.4, 0.5) is 0 Å². The molecule has 0 radical (unpaired) electrons. The molecule has 1 unspecified atom stereocenters. The van der Waals surface area contributed by atoms with Crippen LogP contribution >= 0.6 is 0 Å². The van der Waals surface area contributed by atoms with Crippen LogP contribution in [0.25, 0.3) is 0 Å². The minimum Gasteiger partial charge on any atom is -0.316 e. The number of unbranched alkanes of at least 4 members (excludes halogenated alkanes) is 1. The van der Waals surface area contributed by atoms with Crippen LogP contribution in [0.2, 0.25) is 0 Å². The summed E-state index contributed by atoms with van der Waals surface area (Å²) in [6.07, 6.45) is 5.20. The van der Waals surface area contributed by atoms with Gasteiger partial charge in [0.25, 0.3) is 0 Å². The number of rotatable bonds is 9. The van der Waals surface area contributed by atoms with Gasteiger partial charge < -0.3 is 5.32 Å². The van der Waals surface area contributed by atoms with Crippen LogP contribution < -0.4 is 5.32 Å². The topological polar surface area (TPSA) is 12.0 Å². The standard InChI is InChI=1S/C18H31N/c1-5-6-7-18(14-19-13-15(2)3)12-17-10-8-16(4)9-11-17/h8-11,15,18-19H,5-7,12-14H2,1-4H3. The Morgan fingerprint density at radius 2 is 1.74 bits per heavy atom. The monoisotopic (exact) mass is 261 g/mol. The fourth-order valence-corrected chi connectivity index (χ4v) is 2.40. The smallest absolute Gasteiger partial charge is 0.00172 e. The van der Waals surface area contributed by atoms with E-state index in [0.29, 0.717) is 0 Å². The molecule has 0 saturated carbocycles. The average Bonchev–Trinajstić information content (AvgIpc) is 2.38. The molecule has 1 nitrogen and oxygen atoms in total. The predicted molar refractivity (Wildman–Crippen MR) is 85.6 cm³/mol. The van der Waals surface area contributed by atoms with Gasteiger partial charge in [0.2, 0.25) is 0 Å². The van der Waals surface area contributed by atoms with Gasteiger partial charge in [0.05, 0.1) is 0 Å². The molecule has 0 fully saturated rings. The Morgan fingerprint density at radius 3 is 2.32 bits per heavy atom. The summed E-state index contributed by atoms with van der Waals surface area (Å²) < 4.78 is 0. The van der Waals surface area contributed by atoms with Gasteiger partial charge in [-0.25, -0.2) is 0 Å². The summed E-state index contributed by atoms with van der Waals surface area (Å²) in [6.45, 7) is 11.3. The van der Waals surface area contributed by atoms with Gasteiger partial charge in [-0.05, 0) is 50.3 Å². The summed E-state index contributed by atoms with van der Waals surface area (Å²) in [4.78, 5) is 0. The van der Waals surface area contributed by atoms with Crippen LogP contribution in [-0.2, 0) is 6.42 Å². The lowest BCUT2D eigenvalue weighted by Gasteiger charge is -2.18. The van der Waals surface area contributed by atoms with Crippen molar-refractivity contribution in [1.29, 1.82) is 0 Å². The summed E-state index contributed by atoms with van der Waals surface area (Å²) in [5.74, 6) is 1.52. The summed E-state index contributed by atoms with van der Waals surface area (Å²) >= 11 is 0. The molecule has 0 amide bonds. The highest BCUT2D eigenvalue weighted by molar-refractivity contribution is 5.21. The van der Waals surface area contributed by atoms with Crippen LogP contribution in [-0.4, -0.2) is 13.1 Å². The molecule has 19 heavy (non-hydrogen) atoms. The lowest BCUT2D eigenvalue weighted by atomic mass is 9.93. The minimum absolute atomic E-state index is 0.742. The highest BCUT2D eigenvalue weighted by Gasteiger charge is 2.09.